The summed E-state index contributed by atoms with van der Waals surface area (Å²) in [6, 6.07) is 10.7. The van der Waals surface area contributed by atoms with Crippen molar-refractivity contribution in [1.29, 1.82) is 0 Å². The number of guanidine groups is 1. The lowest BCUT2D eigenvalue weighted by molar-refractivity contribution is 0.130. The van der Waals surface area contributed by atoms with Crippen LogP contribution in [-0.4, -0.2) is 60.6 Å². The van der Waals surface area contributed by atoms with Crippen LogP contribution >= 0.6 is 0 Å². The summed E-state index contributed by atoms with van der Waals surface area (Å²) >= 11 is 0. The molecule has 1 aromatic carbocycles. The smallest absolute Gasteiger partial charge is 0.189 e. The molecule has 5 heteroatoms. The fourth-order valence-corrected chi connectivity index (χ4v) is 2.75. The maximum absolute atomic E-state index is 5.90. The fourth-order valence-electron chi connectivity index (χ4n) is 2.75. The molecule has 1 aliphatic rings. The van der Waals surface area contributed by atoms with Gasteiger partial charge in [0.15, 0.2) is 5.96 Å². The van der Waals surface area contributed by atoms with Crippen LogP contribution < -0.4 is 11.1 Å². The van der Waals surface area contributed by atoms with Crippen molar-refractivity contribution >= 4 is 5.96 Å². The van der Waals surface area contributed by atoms with Crippen molar-refractivity contribution in [2.24, 2.45) is 10.7 Å². The van der Waals surface area contributed by atoms with Gasteiger partial charge >= 0.3 is 0 Å². The van der Waals surface area contributed by atoms with Gasteiger partial charge in [-0.1, -0.05) is 30.3 Å². The second-order valence-electron chi connectivity index (χ2n) is 7.25. The number of hydrogen-bond acceptors (Lipinski definition) is 3. The fraction of sp³-hybridized carbons (Fsp3) is 0.611. The van der Waals surface area contributed by atoms with E-state index >= 15 is 0 Å². The predicted molar refractivity (Wildman–Crippen MR) is 97.5 cm³/mol. The van der Waals surface area contributed by atoms with Crippen molar-refractivity contribution in [1.82, 2.24) is 15.1 Å². The number of aliphatic imine (C=N–C) groups is 1. The van der Waals surface area contributed by atoms with E-state index in [1.807, 2.05) is 0 Å². The zero-order valence-electron chi connectivity index (χ0n) is 14.8. The molecule has 23 heavy (non-hydrogen) atoms. The van der Waals surface area contributed by atoms with E-state index in [1.165, 1.54) is 5.56 Å². The van der Waals surface area contributed by atoms with Crippen LogP contribution in [0.5, 0.6) is 0 Å². The van der Waals surface area contributed by atoms with Gasteiger partial charge in [-0.3, -0.25) is 14.8 Å². The summed E-state index contributed by atoms with van der Waals surface area (Å²) in [4.78, 5) is 9.40. The molecule has 3 N–H and O–H groups in total. The maximum atomic E-state index is 5.90. The van der Waals surface area contributed by atoms with Crippen molar-refractivity contribution in [3.8, 4) is 0 Å². The van der Waals surface area contributed by atoms with Gasteiger partial charge in [-0.15, -0.1) is 0 Å². The highest BCUT2D eigenvalue weighted by molar-refractivity contribution is 5.78. The Kier molecular flexibility index (Phi) is 6.42. The summed E-state index contributed by atoms with van der Waals surface area (Å²) in [6.07, 6.45) is 0. The molecule has 0 saturated carbocycles. The minimum absolute atomic E-state index is 0.0311. The van der Waals surface area contributed by atoms with E-state index in [4.69, 9.17) is 5.73 Å². The van der Waals surface area contributed by atoms with Gasteiger partial charge in [0.1, 0.15) is 0 Å². The van der Waals surface area contributed by atoms with Gasteiger partial charge in [0.05, 0.1) is 6.54 Å². The molecule has 0 aromatic heterocycles. The van der Waals surface area contributed by atoms with Crippen molar-refractivity contribution in [3.05, 3.63) is 35.9 Å². The third kappa shape index (κ3) is 7.01. The van der Waals surface area contributed by atoms with Gasteiger partial charge in [-0.2, -0.15) is 0 Å². The minimum atomic E-state index is -0.0311. The van der Waals surface area contributed by atoms with E-state index in [1.54, 1.807) is 0 Å². The van der Waals surface area contributed by atoms with Crippen LogP contribution in [0, 0.1) is 0 Å². The number of benzene rings is 1. The number of piperazine rings is 1. The van der Waals surface area contributed by atoms with Crippen LogP contribution in [0.3, 0.4) is 0 Å². The highest BCUT2D eigenvalue weighted by Crippen LogP contribution is 2.08. The number of nitrogens with two attached hydrogens (primary N) is 1. The van der Waals surface area contributed by atoms with E-state index < -0.39 is 0 Å². The monoisotopic (exact) mass is 317 g/mol. The van der Waals surface area contributed by atoms with Crippen LogP contribution in [0.25, 0.3) is 0 Å². The highest BCUT2D eigenvalue weighted by atomic mass is 15.3. The topological polar surface area (TPSA) is 56.9 Å². The molecule has 0 spiro atoms. The Labute approximate surface area is 140 Å². The molecule has 1 aliphatic heterocycles. The highest BCUT2D eigenvalue weighted by Gasteiger charge is 2.16. The van der Waals surface area contributed by atoms with Gasteiger partial charge in [0, 0.05) is 44.8 Å². The zero-order chi connectivity index (χ0) is 16.7. The van der Waals surface area contributed by atoms with Crippen LogP contribution in [0.4, 0.5) is 0 Å². The van der Waals surface area contributed by atoms with Crippen LogP contribution in [0.15, 0.2) is 35.3 Å². The Bertz CT molecular complexity index is 484. The first kappa shape index (κ1) is 17.8. The molecule has 0 unspecified atom stereocenters. The average molecular weight is 317 g/mol. The van der Waals surface area contributed by atoms with Crippen molar-refractivity contribution in [2.75, 3.05) is 39.3 Å². The Morgan fingerprint density at radius 1 is 1.09 bits per heavy atom. The average Bonchev–Trinajstić information content (AvgIpc) is 2.48. The largest absolute Gasteiger partial charge is 0.370 e. The molecule has 1 fully saturated rings. The van der Waals surface area contributed by atoms with Gasteiger partial charge in [-0.05, 0) is 26.3 Å². The second kappa shape index (κ2) is 8.31. The molecular formula is C18H31N5. The second-order valence-corrected chi connectivity index (χ2v) is 7.25. The van der Waals surface area contributed by atoms with Crippen LogP contribution in [-0.2, 0) is 6.54 Å². The number of nitrogens with one attached hydrogen (secondary N) is 1. The minimum Gasteiger partial charge on any atom is -0.370 e. The summed E-state index contributed by atoms with van der Waals surface area (Å²) in [5, 5.41) is 3.19. The van der Waals surface area contributed by atoms with Crippen molar-refractivity contribution in [3.63, 3.8) is 0 Å². The Balaban J connectivity index is 1.66. The molecular weight excluding hydrogens is 286 g/mol. The molecule has 0 atom stereocenters. The van der Waals surface area contributed by atoms with Crippen molar-refractivity contribution in [2.45, 2.75) is 32.9 Å². The lowest BCUT2D eigenvalue weighted by Gasteiger charge is -2.34. The Morgan fingerprint density at radius 3 is 2.30 bits per heavy atom. The molecule has 0 amide bonds. The van der Waals surface area contributed by atoms with Crippen LogP contribution in [0.1, 0.15) is 26.3 Å². The molecule has 1 heterocycles. The van der Waals surface area contributed by atoms with Gasteiger partial charge in [-0.25, -0.2) is 0 Å². The lowest BCUT2D eigenvalue weighted by Crippen LogP contribution is -2.47. The van der Waals surface area contributed by atoms with Gasteiger partial charge < -0.3 is 11.1 Å². The normalized spacial score (nSPS) is 18.1. The standard InChI is InChI=1S/C18H31N5/c1-18(2,3)21-17(19)20-9-10-22-11-13-23(14-12-22)15-16-7-5-4-6-8-16/h4-8H,9-15H2,1-3H3,(H3,19,20,21). The summed E-state index contributed by atoms with van der Waals surface area (Å²) in [7, 11) is 0. The molecule has 128 valence electrons. The van der Waals surface area contributed by atoms with E-state index in [2.05, 4.69) is 71.2 Å². The third-order valence-electron chi connectivity index (χ3n) is 3.92. The molecule has 0 bridgehead atoms. The van der Waals surface area contributed by atoms with Crippen LogP contribution in [0.2, 0.25) is 0 Å². The number of hydrogen-bond donors (Lipinski definition) is 2. The van der Waals surface area contributed by atoms with Gasteiger partial charge in [0.2, 0.25) is 0 Å². The Hall–Kier alpha value is -1.59. The summed E-state index contributed by atoms with van der Waals surface area (Å²) in [5.41, 5.74) is 7.26. The lowest BCUT2D eigenvalue weighted by atomic mass is 10.1. The first-order valence-electron chi connectivity index (χ1n) is 8.49. The predicted octanol–water partition coefficient (Wildman–Crippen LogP) is 1.51. The van der Waals surface area contributed by atoms with Crippen molar-refractivity contribution < 1.29 is 0 Å². The molecule has 2 rings (SSSR count). The molecule has 0 radical (unpaired) electrons. The van der Waals surface area contributed by atoms with E-state index in [0.29, 0.717) is 5.96 Å². The zero-order valence-corrected chi connectivity index (χ0v) is 14.8. The Morgan fingerprint density at radius 2 is 1.70 bits per heavy atom. The number of rotatable bonds is 5. The molecule has 1 aromatic rings. The van der Waals surface area contributed by atoms with E-state index in [9.17, 15) is 0 Å². The SMILES string of the molecule is CC(C)(C)NC(N)=NCCN1CCN(Cc2ccccc2)CC1. The maximum Gasteiger partial charge on any atom is 0.189 e. The quantitative estimate of drug-likeness (QED) is 0.638. The molecule has 0 aliphatic carbocycles. The first-order valence-corrected chi connectivity index (χ1v) is 8.49. The third-order valence-corrected chi connectivity index (χ3v) is 3.92. The summed E-state index contributed by atoms with van der Waals surface area (Å²) < 4.78 is 0. The summed E-state index contributed by atoms with van der Waals surface area (Å²) in [5.74, 6) is 0.542. The first-order chi connectivity index (χ1) is 10.9. The molecule has 1 saturated heterocycles. The van der Waals surface area contributed by atoms with Gasteiger partial charge in [0.25, 0.3) is 0 Å². The summed E-state index contributed by atoms with van der Waals surface area (Å²) in [6.45, 7) is 13.5. The van der Waals surface area contributed by atoms with E-state index in [0.717, 1.165) is 45.8 Å². The number of nitrogens with zero attached hydrogens (tertiary/aromatic N) is 3. The van der Waals surface area contributed by atoms with E-state index in [-0.39, 0.29) is 5.54 Å². The molecule has 5 nitrogen and oxygen atoms in total.